The molecule has 100 valence electrons. The Morgan fingerprint density at radius 2 is 2.05 bits per heavy atom. The summed E-state index contributed by atoms with van der Waals surface area (Å²) in [5.74, 6) is 1.43. The highest BCUT2D eigenvalue weighted by Crippen LogP contribution is 2.42. The van der Waals surface area contributed by atoms with Crippen LogP contribution in [-0.2, 0) is 0 Å². The van der Waals surface area contributed by atoms with Gasteiger partial charge in [-0.25, -0.2) is 9.97 Å². The Labute approximate surface area is 121 Å². The Bertz CT molecular complexity index is 787. The van der Waals surface area contributed by atoms with Crippen LogP contribution in [0.4, 0.5) is 5.82 Å². The van der Waals surface area contributed by atoms with Gasteiger partial charge < -0.3 is 10.3 Å². The van der Waals surface area contributed by atoms with Crippen molar-refractivity contribution in [1.29, 1.82) is 0 Å². The molecule has 1 fully saturated rings. The summed E-state index contributed by atoms with van der Waals surface area (Å²) < 4.78 is 2.24. The van der Waals surface area contributed by atoms with E-state index in [4.69, 9.17) is 22.3 Å². The summed E-state index contributed by atoms with van der Waals surface area (Å²) in [6, 6.07) is 10.1. The lowest BCUT2D eigenvalue weighted by atomic mass is 10.2. The van der Waals surface area contributed by atoms with E-state index in [-0.39, 0.29) is 0 Å². The molecule has 0 aliphatic heterocycles. The van der Waals surface area contributed by atoms with Crippen LogP contribution < -0.4 is 5.73 Å². The van der Waals surface area contributed by atoms with Crippen LogP contribution in [0, 0.1) is 0 Å². The molecule has 4 rings (SSSR count). The first kappa shape index (κ1) is 11.7. The smallest absolute Gasteiger partial charge is 0.142 e. The average molecular weight is 285 g/mol. The fraction of sp³-hybridized carbons (Fsp3) is 0.200. The molecule has 2 N–H and O–H groups in total. The summed E-state index contributed by atoms with van der Waals surface area (Å²) in [6.45, 7) is 0. The van der Waals surface area contributed by atoms with Crippen molar-refractivity contribution in [3.63, 3.8) is 0 Å². The van der Waals surface area contributed by atoms with Gasteiger partial charge in [0, 0.05) is 17.8 Å². The van der Waals surface area contributed by atoms with Gasteiger partial charge in [0.2, 0.25) is 0 Å². The summed E-state index contributed by atoms with van der Waals surface area (Å²) in [6.07, 6.45) is 4.11. The van der Waals surface area contributed by atoms with Crippen LogP contribution in [-0.4, -0.2) is 14.5 Å². The molecule has 0 atom stereocenters. The number of hydrogen-bond acceptors (Lipinski definition) is 3. The molecule has 0 bridgehead atoms. The molecule has 1 aromatic carbocycles. The highest BCUT2D eigenvalue weighted by atomic mass is 35.5. The molecule has 0 saturated heterocycles. The van der Waals surface area contributed by atoms with Gasteiger partial charge in [-0.15, -0.1) is 0 Å². The number of rotatable bonds is 2. The molecule has 4 nitrogen and oxygen atoms in total. The first-order chi connectivity index (χ1) is 9.74. The van der Waals surface area contributed by atoms with E-state index < -0.39 is 0 Å². The van der Waals surface area contributed by atoms with E-state index in [1.165, 1.54) is 12.8 Å². The molecule has 2 heterocycles. The number of pyridine rings is 1. The van der Waals surface area contributed by atoms with Gasteiger partial charge in [0.15, 0.2) is 0 Å². The number of nitrogens with two attached hydrogens (primary N) is 1. The van der Waals surface area contributed by atoms with Crippen LogP contribution in [0.5, 0.6) is 0 Å². The molecule has 0 radical (unpaired) electrons. The largest absolute Gasteiger partial charge is 0.384 e. The SMILES string of the molecule is Nc1ccc(-c2nc3cccc(Cl)c3n2C2CC2)cn1. The van der Waals surface area contributed by atoms with Crippen LogP contribution in [0.25, 0.3) is 22.4 Å². The zero-order valence-corrected chi connectivity index (χ0v) is 11.5. The van der Waals surface area contributed by atoms with E-state index in [0.717, 1.165) is 27.4 Å². The minimum atomic E-state index is 0.493. The summed E-state index contributed by atoms with van der Waals surface area (Å²) in [4.78, 5) is 8.89. The highest BCUT2D eigenvalue weighted by Gasteiger charge is 2.29. The van der Waals surface area contributed by atoms with Crippen molar-refractivity contribution in [2.24, 2.45) is 0 Å². The molecular weight excluding hydrogens is 272 g/mol. The van der Waals surface area contributed by atoms with Crippen molar-refractivity contribution in [2.45, 2.75) is 18.9 Å². The van der Waals surface area contributed by atoms with Gasteiger partial charge in [-0.3, -0.25) is 0 Å². The number of para-hydroxylation sites is 1. The van der Waals surface area contributed by atoms with Crippen molar-refractivity contribution in [2.75, 3.05) is 5.73 Å². The number of aromatic nitrogens is 3. The van der Waals surface area contributed by atoms with Gasteiger partial charge >= 0.3 is 0 Å². The van der Waals surface area contributed by atoms with E-state index in [1.54, 1.807) is 12.3 Å². The van der Waals surface area contributed by atoms with Gasteiger partial charge in [-0.2, -0.15) is 0 Å². The molecule has 0 unspecified atom stereocenters. The zero-order chi connectivity index (χ0) is 13.7. The first-order valence-corrected chi connectivity index (χ1v) is 7.00. The molecule has 2 aromatic heterocycles. The number of halogens is 1. The third kappa shape index (κ3) is 1.76. The zero-order valence-electron chi connectivity index (χ0n) is 10.8. The summed E-state index contributed by atoms with van der Waals surface area (Å²) in [5, 5.41) is 0.747. The Hall–Kier alpha value is -2.07. The fourth-order valence-corrected chi connectivity index (χ4v) is 2.80. The second kappa shape index (κ2) is 4.21. The van der Waals surface area contributed by atoms with E-state index in [2.05, 4.69) is 9.55 Å². The Balaban J connectivity index is 2.01. The Morgan fingerprint density at radius 1 is 1.20 bits per heavy atom. The van der Waals surface area contributed by atoms with E-state index in [9.17, 15) is 0 Å². The van der Waals surface area contributed by atoms with Gasteiger partial charge in [-0.05, 0) is 37.1 Å². The predicted octanol–water partition coefficient (Wildman–Crippen LogP) is 3.67. The maximum absolute atomic E-state index is 6.36. The summed E-state index contributed by atoms with van der Waals surface area (Å²) in [5.41, 5.74) is 8.57. The van der Waals surface area contributed by atoms with Crippen LogP contribution in [0.1, 0.15) is 18.9 Å². The maximum Gasteiger partial charge on any atom is 0.142 e. The molecule has 1 saturated carbocycles. The lowest BCUT2D eigenvalue weighted by Gasteiger charge is -2.08. The minimum Gasteiger partial charge on any atom is -0.384 e. The average Bonchev–Trinajstić information content (AvgIpc) is 3.20. The van der Waals surface area contributed by atoms with Gasteiger partial charge in [0.05, 0.1) is 16.1 Å². The second-order valence-electron chi connectivity index (χ2n) is 5.12. The number of benzene rings is 1. The molecule has 20 heavy (non-hydrogen) atoms. The number of imidazole rings is 1. The van der Waals surface area contributed by atoms with Crippen LogP contribution in [0.15, 0.2) is 36.5 Å². The minimum absolute atomic E-state index is 0.493. The second-order valence-corrected chi connectivity index (χ2v) is 5.52. The van der Waals surface area contributed by atoms with Crippen LogP contribution >= 0.6 is 11.6 Å². The molecule has 0 spiro atoms. The van der Waals surface area contributed by atoms with Crippen molar-refractivity contribution < 1.29 is 0 Å². The van der Waals surface area contributed by atoms with Crippen LogP contribution in [0.3, 0.4) is 0 Å². The van der Waals surface area contributed by atoms with Gasteiger partial charge in [-0.1, -0.05) is 17.7 Å². The topological polar surface area (TPSA) is 56.7 Å². The number of fused-ring (bicyclic) bond motifs is 1. The lowest BCUT2D eigenvalue weighted by molar-refractivity contribution is 0.775. The third-order valence-electron chi connectivity index (χ3n) is 3.62. The molecule has 1 aliphatic carbocycles. The fourth-order valence-electron chi connectivity index (χ4n) is 2.54. The maximum atomic E-state index is 6.36. The third-order valence-corrected chi connectivity index (χ3v) is 3.92. The monoisotopic (exact) mass is 284 g/mol. The quantitative estimate of drug-likeness (QED) is 0.781. The molecule has 1 aliphatic rings. The van der Waals surface area contributed by atoms with Crippen molar-refractivity contribution in [3.8, 4) is 11.4 Å². The molecule has 0 amide bonds. The molecular formula is C15H13ClN4. The van der Waals surface area contributed by atoms with Gasteiger partial charge in [0.1, 0.15) is 11.6 Å². The van der Waals surface area contributed by atoms with Crippen molar-refractivity contribution >= 4 is 28.5 Å². The van der Waals surface area contributed by atoms with E-state index >= 15 is 0 Å². The standard InChI is InChI=1S/C15H13ClN4/c16-11-2-1-3-12-14(11)20(10-5-6-10)15(19-12)9-4-7-13(17)18-8-9/h1-4,7-8,10H,5-6H2,(H2,17,18). The van der Waals surface area contributed by atoms with E-state index in [0.29, 0.717) is 11.9 Å². The highest BCUT2D eigenvalue weighted by molar-refractivity contribution is 6.35. The summed E-state index contributed by atoms with van der Waals surface area (Å²) >= 11 is 6.36. The lowest BCUT2D eigenvalue weighted by Crippen LogP contribution is -1.98. The normalized spacial score (nSPS) is 14.8. The van der Waals surface area contributed by atoms with Crippen LogP contribution in [0.2, 0.25) is 5.02 Å². The van der Waals surface area contributed by atoms with E-state index in [1.807, 2.05) is 24.3 Å². The Kier molecular flexibility index (Phi) is 2.47. The number of nitrogens with zero attached hydrogens (tertiary/aromatic N) is 3. The number of nitrogen functional groups attached to an aromatic ring is 1. The predicted molar refractivity (Wildman–Crippen MR) is 80.7 cm³/mol. The molecule has 3 aromatic rings. The number of anilines is 1. The van der Waals surface area contributed by atoms with Gasteiger partial charge in [0.25, 0.3) is 0 Å². The first-order valence-electron chi connectivity index (χ1n) is 6.62. The molecule has 5 heteroatoms. The number of hydrogen-bond donors (Lipinski definition) is 1. The van der Waals surface area contributed by atoms with Crippen molar-refractivity contribution in [3.05, 3.63) is 41.6 Å². The summed E-state index contributed by atoms with van der Waals surface area (Å²) in [7, 11) is 0. The Morgan fingerprint density at radius 3 is 2.75 bits per heavy atom. The van der Waals surface area contributed by atoms with Crippen molar-refractivity contribution in [1.82, 2.24) is 14.5 Å².